The molecule has 2 aromatic rings. The first kappa shape index (κ1) is 26.3. The van der Waals surface area contributed by atoms with Gasteiger partial charge in [-0.25, -0.2) is 0 Å². The molecule has 0 spiro atoms. The number of nitrogens with zero attached hydrogens (tertiary/aromatic N) is 1. The second-order valence-corrected chi connectivity index (χ2v) is 10.0. The molecular formula is C28H37BrN2O3. The van der Waals surface area contributed by atoms with E-state index in [9.17, 15) is 9.59 Å². The van der Waals surface area contributed by atoms with Crippen molar-refractivity contribution in [1.82, 2.24) is 10.2 Å². The molecular weight excluding hydrogens is 492 g/mol. The Kier molecular flexibility index (Phi) is 10.00. The highest BCUT2D eigenvalue weighted by Gasteiger charge is 2.30. The van der Waals surface area contributed by atoms with Crippen molar-refractivity contribution in [2.45, 2.75) is 84.3 Å². The molecule has 0 saturated heterocycles. The van der Waals surface area contributed by atoms with Gasteiger partial charge in [-0.3, -0.25) is 9.59 Å². The Bertz CT molecular complexity index is 955. The number of carbonyl (C=O) groups is 2. The molecule has 0 radical (unpaired) electrons. The zero-order valence-electron chi connectivity index (χ0n) is 20.6. The predicted octanol–water partition coefficient (Wildman–Crippen LogP) is 5.96. The Morgan fingerprint density at radius 1 is 1.06 bits per heavy atom. The first-order valence-electron chi connectivity index (χ1n) is 12.5. The van der Waals surface area contributed by atoms with Gasteiger partial charge < -0.3 is 15.0 Å². The molecule has 1 saturated carbocycles. The fourth-order valence-corrected chi connectivity index (χ4v) is 5.00. The van der Waals surface area contributed by atoms with E-state index in [-0.39, 0.29) is 24.5 Å². The van der Waals surface area contributed by atoms with Crippen LogP contribution < -0.4 is 10.1 Å². The molecule has 1 aliphatic carbocycles. The topological polar surface area (TPSA) is 58.6 Å². The summed E-state index contributed by atoms with van der Waals surface area (Å²) in [6.07, 6.45) is 7.02. The van der Waals surface area contributed by atoms with Gasteiger partial charge in [0, 0.05) is 12.6 Å². The summed E-state index contributed by atoms with van der Waals surface area (Å²) >= 11 is 3.54. The van der Waals surface area contributed by atoms with E-state index in [1.807, 2.05) is 56.3 Å². The molecule has 0 aliphatic heterocycles. The number of amides is 2. The van der Waals surface area contributed by atoms with E-state index in [1.165, 1.54) is 12.0 Å². The number of rotatable bonds is 10. The number of aryl methyl sites for hydroxylation is 2. The van der Waals surface area contributed by atoms with Crippen LogP contribution in [0, 0.1) is 6.92 Å². The number of hydrogen-bond donors (Lipinski definition) is 1. The van der Waals surface area contributed by atoms with Crippen LogP contribution in [0.3, 0.4) is 0 Å². The van der Waals surface area contributed by atoms with E-state index in [2.05, 4.69) is 28.2 Å². The summed E-state index contributed by atoms with van der Waals surface area (Å²) < 4.78 is 6.72. The van der Waals surface area contributed by atoms with Crippen LogP contribution >= 0.6 is 15.9 Å². The lowest BCUT2D eigenvalue weighted by Crippen LogP contribution is -2.52. The van der Waals surface area contributed by atoms with Crippen LogP contribution in [-0.4, -0.2) is 35.4 Å². The van der Waals surface area contributed by atoms with Gasteiger partial charge in [0.2, 0.25) is 5.91 Å². The molecule has 1 N–H and O–H groups in total. The van der Waals surface area contributed by atoms with Crippen molar-refractivity contribution in [3.63, 3.8) is 0 Å². The molecule has 5 nitrogen and oxygen atoms in total. The molecule has 0 aromatic heterocycles. The van der Waals surface area contributed by atoms with Gasteiger partial charge in [-0.1, -0.05) is 69.0 Å². The van der Waals surface area contributed by atoms with E-state index in [1.54, 1.807) is 4.90 Å². The van der Waals surface area contributed by atoms with E-state index in [0.717, 1.165) is 47.7 Å². The number of nitrogens with one attached hydrogen (secondary N) is 1. The van der Waals surface area contributed by atoms with Gasteiger partial charge in [0.15, 0.2) is 6.61 Å². The van der Waals surface area contributed by atoms with Gasteiger partial charge in [0.05, 0.1) is 4.47 Å². The second kappa shape index (κ2) is 12.9. The van der Waals surface area contributed by atoms with Crippen LogP contribution in [0.1, 0.15) is 69.1 Å². The molecule has 2 aromatic carbocycles. The summed E-state index contributed by atoms with van der Waals surface area (Å²) in [5, 5.41) is 3.21. The molecule has 34 heavy (non-hydrogen) atoms. The molecule has 1 fully saturated rings. The average molecular weight is 530 g/mol. The van der Waals surface area contributed by atoms with Crippen molar-refractivity contribution in [3.8, 4) is 5.75 Å². The fraction of sp³-hybridized carbons (Fsp3) is 0.500. The van der Waals surface area contributed by atoms with Crippen molar-refractivity contribution < 1.29 is 14.3 Å². The number of hydrogen-bond acceptors (Lipinski definition) is 3. The van der Waals surface area contributed by atoms with Gasteiger partial charge in [-0.05, 0) is 71.8 Å². The van der Waals surface area contributed by atoms with Crippen molar-refractivity contribution >= 4 is 27.7 Å². The highest BCUT2D eigenvalue weighted by molar-refractivity contribution is 9.10. The maximum Gasteiger partial charge on any atom is 0.261 e. The Morgan fingerprint density at radius 3 is 2.35 bits per heavy atom. The van der Waals surface area contributed by atoms with E-state index in [4.69, 9.17) is 4.74 Å². The highest BCUT2D eigenvalue weighted by Crippen LogP contribution is 2.26. The Balaban J connectivity index is 1.75. The van der Waals surface area contributed by atoms with Crippen LogP contribution in [-0.2, 0) is 22.6 Å². The van der Waals surface area contributed by atoms with Crippen LogP contribution in [0.25, 0.3) is 0 Å². The van der Waals surface area contributed by atoms with Gasteiger partial charge in [0.25, 0.3) is 5.91 Å². The molecule has 2 amide bonds. The zero-order valence-corrected chi connectivity index (χ0v) is 22.2. The maximum atomic E-state index is 13.4. The highest BCUT2D eigenvalue weighted by atomic mass is 79.9. The smallest absolute Gasteiger partial charge is 0.261 e. The van der Waals surface area contributed by atoms with Gasteiger partial charge in [-0.2, -0.15) is 0 Å². The monoisotopic (exact) mass is 528 g/mol. The minimum atomic E-state index is -0.537. The summed E-state index contributed by atoms with van der Waals surface area (Å²) in [5.41, 5.74) is 3.35. The number of carbonyl (C=O) groups excluding carboxylic acids is 2. The van der Waals surface area contributed by atoms with Crippen LogP contribution in [0.5, 0.6) is 5.75 Å². The molecule has 3 rings (SSSR count). The zero-order chi connectivity index (χ0) is 24.5. The van der Waals surface area contributed by atoms with Crippen molar-refractivity contribution in [2.24, 2.45) is 0 Å². The quantitative estimate of drug-likeness (QED) is 0.414. The normalized spacial score (nSPS) is 14.9. The predicted molar refractivity (Wildman–Crippen MR) is 140 cm³/mol. The summed E-state index contributed by atoms with van der Waals surface area (Å²) in [5.74, 6) is 0.363. The minimum absolute atomic E-state index is 0.0664. The van der Waals surface area contributed by atoms with Crippen molar-refractivity contribution in [2.75, 3.05) is 6.61 Å². The minimum Gasteiger partial charge on any atom is -0.483 e. The fourth-order valence-electron chi connectivity index (χ4n) is 4.46. The first-order chi connectivity index (χ1) is 16.4. The lowest BCUT2D eigenvalue weighted by molar-refractivity contribution is -0.143. The summed E-state index contributed by atoms with van der Waals surface area (Å²) in [6.45, 7) is 6.34. The van der Waals surface area contributed by atoms with Gasteiger partial charge >= 0.3 is 0 Å². The lowest BCUT2D eigenvalue weighted by Gasteiger charge is -2.32. The third-order valence-corrected chi connectivity index (χ3v) is 7.19. The van der Waals surface area contributed by atoms with Crippen LogP contribution in [0.4, 0.5) is 0 Å². The number of benzene rings is 2. The SMILES string of the molecule is CCc1ccc(OCC(=O)N(Cc2ccc(C)cc2)C(CC)C(=O)NC2CCCCC2)c(Br)c1. The number of halogens is 1. The Hall–Kier alpha value is -2.34. The number of ether oxygens (including phenoxy) is 1. The standard InChI is InChI=1S/C28H37BrN2O3/c1-4-21-15-16-26(24(29)17-21)34-19-27(32)31(18-22-13-11-20(3)12-14-22)25(5-2)28(33)30-23-9-7-6-8-10-23/h11-17,23,25H,4-10,18-19H2,1-3H3,(H,30,33). The molecule has 1 atom stereocenters. The van der Waals surface area contributed by atoms with Crippen LogP contribution in [0.15, 0.2) is 46.9 Å². The van der Waals surface area contributed by atoms with E-state index >= 15 is 0 Å². The third-order valence-electron chi connectivity index (χ3n) is 6.57. The van der Waals surface area contributed by atoms with Crippen molar-refractivity contribution in [3.05, 3.63) is 63.6 Å². The summed E-state index contributed by atoms with van der Waals surface area (Å²) in [7, 11) is 0. The van der Waals surface area contributed by atoms with Gasteiger partial charge in [-0.15, -0.1) is 0 Å². The van der Waals surface area contributed by atoms with E-state index < -0.39 is 6.04 Å². The molecule has 6 heteroatoms. The van der Waals surface area contributed by atoms with Crippen molar-refractivity contribution in [1.29, 1.82) is 0 Å². The van der Waals surface area contributed by atoms with Crippen LogP contribution in [0.2, 0.25) is 0 Å². The van der Waals surface area contributed by atoms with Gasteiger partial charge in [0.1, 0.15) is 11.8 Å². The molecule has 1 unspecified atom stereocenters. The lowest BCUT2D eigenvalue weighted by atomic mass is 9.95. The molecule has 1 aliphatic rings. The largest absolute Gasteiger partial charge is 0.483 e. The third kappa shape index (κ3) is 7.33. The average Bonchev–Trinajstić information content (AvgIpc) is 2.84. The molecule has 0 bridgehead atoms. The second-order valence-electron chi connectivity index (χ2n) is 9.18. The Labute approximate surface area is 212 Å². The molecule has 0 heterocycles. The first-order valence-corrected chi connectivity index (χ1v) is 13.3. The summed E-state index contributed by atoms with van der Waals surface area (Å²) in [4.78, 5) is 28.4. The Morgan fingerprint density at radius 2 is 1.74 bits per heavy atom. The van der Waals surface area contributed by atoms with E-state index in [0.29, 0.717) is 18.7 Å². The summed E-state index contributed by atoms with van der Waals surface area (Å²) in [6, 6.07) is 13.7. The molecule has 184 valence electrons. The maximum absolute atomic E-state index is 13.4.